The molecule has 2 heterocycles. The molecule has 0 saturated heterocycles. The van der Waals surface area contributed by atoms with Crippen LogP contribution in [0.25, 0.3) is 110 Å². The summed E-state index contributed by atoms with van der Waals surface area (Å²) in [6, 6.07) is 92.1. The van der Waals surface area contributed by atoms with Crippen molar-refractivity contribution in [3.63, 3.8) is 0 Å². The number of benzene rings is 11. The van der Waals surface area contributed by atoms with Crippen LogP contribution in [0.3, 0.4) is 0 Å². The summed E-state index contributed by atoms with van der Waals surface area (Å²) in [6.07, 6.45) is 0. The predicted molar refractivity (Wildman–Crippen MR) is 282 cm³/mol. The van der Waals surface area contributed by atoms with Crippen LogP contribution in [0.5, 0.6) is 0 Å². The highest BCUT2D eigenvalue weighted by molar-refractivity contribution is 6.14. The molecule has 11 aromatic carbocycles. The van der Waals surface area contributed by atoms with E-state index in [0.717, 1.165) is 11.4 Å². The first kappa shape index (κ1) is 37.6. The molecule has 67 heavy (non-hydrogen) atoms. The van der Waals surface area contributed by atoms with E-state index in [2.05, 4.69) is 258 Å². The van der Waals surface area contributed by atoms with E-state index in [1.54, 1.807) is 0 Å². The number of hydrogen-bond donors (Lipinski definition) is 0. The first-order valence-electron chi connectivity index (χ1n) is 23.3. The van der Waals surface area contributed by atoms with Crippen molar-refractivity contribution in [1.82, 2.24) is 9.13 Å². The Balaban J connectivity index is 0.963. The fourth-order valence-corrected chi connectivity index (χ4v) is 11.2. The van der Waals surface area contributed by atoms with E-state index >= 15 is 0 Å². The van der Waals surface area contributed by atoms with Gasteiger partial charge < -0.3 is 9.13 Å². The molecule has 0 amide bonds. The molecule has 0 radical (unpaired) electrons. The molecule has 14 rings (SSSR count). The lowest BCUT2D eigenvalue weighted by atomic mass is 9.88. The second kappa shape index (κ2) is 14.9. The summed E-state index contributed by atoms with van der Waals surface area (Å²) in [5.74, 6) is 0.123. The molecule has 0 aliphatic heterocycles. The van der Waals surface area contributed by atoms with Gasteiger partial charge in [-0.05, 0) is 139 Å². The van der Waals surface area contributed by atoms with Crippen molar-refractivity contribution in [2.24, 2.45) is 0 Å². The summed E-state index contributed by atoms with van der Waals surface area (Å²) in [4.78, 5) is 0. The molecule has 0 fully saturated rings. The first-order chi connectivity index (χ1) is 33.2. The molecule has 1 unspecified atom stereocenters. The maximum Gasteiger partial charge on any atom is 0.0544 e. The molecule has 0 spiro atoms. The first-order valence-corrected chi connectivity index (χ1v) is 23.3. The monoisotopic (exact) mass is 850 g/mol. The van der Waals surface area contributed by atoms with Crippen molar-refractivity contribution in [2.75, 3.05) is 0 Å². The second-order valence-corrected chi connectivity index (χ2v) is 18.1. The third kappa shape index (κ3) is 5.97. The highest BCUT2D eigenvalue weighted by atomic mass is 15.0. The van der Waals surface area contributed by atoms with Gasteiger partial charge in [-0.2, -0.15) is 0 Å². The van der Waals surface area contributed by atoms with Crippen LogP contribution in [0.2, 0.25) is 0 Å². The van der Waals surface area contributed by atoms with Gasteiger partial charge in [0.15, 0.2) is 0 Å². The van der Waals surface area contributed by atoms with E-state index < -0.39 is 0 Å². The van der Waals surface area contributed by atoms with Gasteiger partial charge in [-0.15, -0.1) is 0 Å². The van der Waals surface area contributed by atoms with Gasteiger partial charge >= 0.3 is 0 Å². The van der Waals surface area contributed by atoms with Crippen molar-refractivity contribution < 1.29 is 0 Å². The van der Waals surface area contributed by atoms with Gasteiger partial charge in [0.1, 0.15) is 0 Å². The molecule has 2 nitrogen and oxygen atoms in total. The quantitative estimate of drug-likeness (QED) is 0.158. The van der Waals surface area contributed by atoms with Crippen molar-refractivity contribution in [2.45, 2.75) is 5.92 Å². The SMILES string of the molecule is c1ccc(-c2ccc(-n3c4ccc(-c5ccc6c(c5)c5ccccc5n6-c5cccc(-c6ccccc6)c5)cc4c4cc5c(cc43)C(c3ccc4ccccc4c3)c3ccccc3-5)cc2)cc1. The van der Waals surface area contributed by atoms with Crippen LogP contribution in [0, 0.1) is 0 Å². The minimum atomic E-state index is 0.123. The lowest BCUT2D eigenvalue weighted by Crippen LogP contribution is -2.00. The van der Waals surface area contributed by atoms with Crippen molar-refractivity contribution in [1.29, 1.82) is 0 Å². The van der Waals surface area contributed by atoms with Crippen LogP contribution in [0.4, 0.5) is 0 Å². The normalized spacial score (nSPS) is 13.2. The Bertz CT molecular complexity index is 4080. The van der Waals surface area contributed by atoms with Crippen LogP contribution < -0.4 is 0 Å². The molecule has 13 aromatic rings. The number of aromatic nitrogens is 2. The van der Waals surface area contributed by atoms with Gasteiger partial charge in [-0.1, -0.05) is 182 Å². The third-order valence-electron chi connectivity index (χ3n) is 14.4. The zero-order valence-corrected chi connectivity index (χ0v) is 36.6. The molecule has 0 N–H and O–H groups in total. The summed E-state index contributed by atoms with van der Waals surface area (Å²) in [7, 11) is 0. The summed E-state index contributed by atoms with van der Waals surface area (Å²) in [5, 5.41) is 7.53. The Hall–Kier alpha value is -8.72. The molecule has 2 aromatic heterocycles. The molecule has 312 valence electrons. The zero-order valence-electron chi connectivity index (χ0n) is 36.6. The Morgan fingerprint density at radius 3 is 1.58 bits per heavy atom. The Kier molecular flexibility index (Phi) is 8.38. The van der Waals surface area contributed by atoms with Crippen LogP contribution >= 0.6 is 0 Å². The van der Waals surface area contributed by atoms with E-state index in [-0.39, 0.29) is 5.92 Å². The van der Waals surface area contributed by atoms with Crippen LogP contribution in [-0.2, 0) is 0 Å². The van der Waals surface area contributed by atoms with E-state index in [1.165, 1.54) is 116 Å². The fraction of sp³-hybridized carbons (Fsp3) is 0.0154. The highest BCUT2D eigenvalue weighted by Crippen LogP contribution is 2.51. The van der Waals surface area contributed by atoms with E-state index in [4.69, 9.17) is 0 Å². The van der Waals surface area contributed by atoms with Crippen molar-refractivity contribution in [3.8, 4) is 55.9 Å². The van der Waals surface area contributed by atoms with E-state index in [0.29, 0.717) is 0 Å². The Morgan fingerprint density at radius 1 is 0.254 bits per heavy atom. The zero-order chi connectivity index (χ0) is 44.0. The summed E-state index contributed by atoms with van der Waals surface area (Å²) in [6.45, 7) is 0. The van der Waals surface area contributed by atoms with Gasteiger partial charge in [-0.3, -0.25) is 0 Å². The van der Waals surface area contributed by atoms with Crippen molar-refractivity contribution >= 4 is 54.4 Å². The predicted octanol–water partition coefficient (Wildman–Crippen LogP) is 17.2. The number of fused-ring (bicyclic) bond motifs is 10. The minimum absolute atomic E-state index is 0.123. The lowest BCUT2D eigenvalue weighted by molar-refractivity contribution is 1.02. The summed E-state index contributed by atoms with van der Waals surface area (Å²) < 4.78 is 4.91. The number of para-hydroxylation sites is 1. The van der Waals surface area contributed by atoms with Crippen molar-refractivity contribution in [3.05, 3.63) is 265 Å². The summed E-state index contributed by atoms with van der Waals surface area (Å²) in [5.41, 5.74) is 21.0. The summed E-state index contributed by atoms with van der Waals surface area (Å²) >= 11 is 0. The molecule has 1 aliphatic carbocycles. The molecular formula is C65H42N2. The van der Waals surface area contributed by atoms with Gasteiger partial charge in [0.05, 0.1) is 22.1 Å². The van der Waals surface area contributed by atoms with Gasteiger partial charge in [0.2, 0.25) is 0 Å². The van der Waals surface area contributed by atoms with E-state index in [9.17, 15) is 0 Å². The number of hydrogen-bond acceptors (Lipinski definition) is 0. The number of rotatable bonds is 6. The topological polar surface area (TPSA) is 9.86 Å². The second-order valence-electron chi connectivity index (χ2n) is 18.1. The van der Waals surface area contributed by atoms with Gasteiger partial charge in [0, 0.05) is 38.8 Å². The molecular weight excluding hydrogens is 809 g/mol. The third-order valence-corrected chi connectivity index (χ3v) is 14.4. The largest absolute Gasteiger partial charge is 0.309 e. The molecule has 1 atom stereocenters. The average Bonchev–Trinajstić information content (AvgIpc) is 4.03. The number of nitrogens with zero attached hydrogens (tertiary/aromatic N) is 2. The molecule has 1 aliphatic rings. The fourth-order valence-electron chi connectivity index (χ4n) is 11.2. The highest BCUT2D eigenvalue weighted by Gasteiger charge is 2.32. The van der Waals surface area contributed by atoms with Gasteiger partial charge in [-0.25, -0.2) is 0 Å². The molecule has 0 bridgehead atoms. The lowest BCUT2D eigenvalue weighted by Gasteiger charge is -2.16. The Labute approximate surface area is 388 Å². The van der Waals surface area contributed by atoms with Crippen LogP contribution in [-0.4, -0.2) is 9.13 Å². The molecule has 2 heteroatoms. The minimum Gasteiger partial charge on any atom is -0.309 e. The smallest absolute Gasteiger partial charge is 0.0544 e. The van der Waals surface area contributed by atoms with E-state index in [1.807, 2.05) is 0 Å². The average molecular weight is 851 g/mol. The Morgan fingerprint density at radius 2 is 0.806 bits per heavy atom. The maximum absolute atomic E-state index is 2.50. The van der Waals surface area contributed by atoms with Crippen LogP contribution in [0.1, 0.15) is 22.6 Å². The molecule has 0 saturated carbocycles. The van der Waals surface area contributed by atoms with Crippen LogP contribution in [0.15, 0.2) is 249 Å². The standard InChI is InChI=1S/C65H42N2/c1-3-14-42(15-4-1)45-28-32-51(33-29-45)66-63-35-31-49(48-30-34-62-57(38-48)54-23-11-12-25-61(54)67(62)52-21-13-20-47(37-52)43-16-5-2-6-17-43)39-58(63)59-40-56-53-22-9-10-24-55(53)65(60(56)41-64(59)66)50-27-26-44-18-7-8-19-46(44)36-50/h1-41,65H. The maximum atomic E-state index is 2.50. The van der Waals surface area contributed by atoms with Gasteiger partial charge in [0.25, 0.3) is 0 Å².